The molecule has 0 saturated carbocycles. The van der Waals surface area contributed by atoms with Gasteiger partial charge in [-0.2, -0.15) is 0 Å². The molecule has 5 heteroatoms. The summed E-state index contributed by atoms with van der Waals surface area (Å²) in [5, 5.41) is 21.1. The van der Waals surface area contributed by atoms with E-state index in [2.05, 4.69) is 5.32 Å². The van der Waals surface area contributed by atoms with E-state index >= 15 is 0 Å². The standard InChI is InChI=1S/C16H15NO4/c18-14-4-2-1-3-13(14)9-15(19)17-10-11-5-7-12(8-6-11)16(20)21/h1-8,18H,9-10H2,(H,17,19)(H,20,21). The minimum Gasteiger partial charge on any atom is -0.508 e. The second kappa shape index (κ2) is 6.56. The van der Waals surface area contributed by atoms with E-state index in [9.17, 15) is 14.7 Å². The number of aromatic carboxylic acids is 1. The molecule has 0 spiro atoms. The molecular weight excluding hydrogens is 270 g/mol. The van der Waals surface area contributed by atoms with Gasteiger partial charge in [-0.15, -0.1) is 0 Å². The number of aromatic hydroxyl groups is 1. The fourth-order valence-electron chi connectivity index (χ4n) is 1.86. The lowest BCUT2D eigenvalue weighted by atomic mass is 10.1. The number of amides is 1. The minimum atomic E-state index is -0.981. The zero-order chi connectivity index (χ0) is 15.2. The van der Waals surface area contributed by atoms with Gasteiger partial charge in [0, 0.05) is 12.1 Å². The van der Waals surface area contributed by atoms with Crippen LogP contribution in [0.2, 0.25) is 0 Å². The van der Waals surface area contributed by atoms with E-state index in [4.69, 9.17) is 5.11 Å². The first kappa shape index (κ1) is 14.6. The number of para-hydroxylation sites is 1. The lowest BCUT2D eigenvalue weighted by Gasteiger charge is -2.07. The number of carboxylic acid groups (broad SMARTS) is 1. The van der Waals surface area contributed by atoms with Crippen LogP contribution >= 0.6 is 0 Å². The molecular formula is C16H15NO4. The van der Waals surface area contributed by atoms with Crippen LogP contribution in [0.1, 0.15) is 21.5 Å². The number of rotatable bonds is 5. The summed E-state index contributed by atoms with van der Waals surface area (Å²) >= 11 is 0. The molecule has 0 fully saturated rings. The number of carboxylic acids is 1. The summed E-state index contributed by atoms with van der Waals surface area (Å²) in [6.45, 7) is 0.312. The summed E-state index contributed by atoms with van der Waals surface area (Å²) in [5.74, 6) is -1.09. The predicted octanol–water partition coefficient (Wildman–Crippen LogP) is 1.95. The number of carbonyl (C=O) groups excluding carboxylic acids is 1. The maximum Gasteiger partial charge on any atom is 0.335 e. The zero-order valence-electron chi connectivity index (χ0n) is 11.2. The van der Waals surface area contributed by atoms with Crippen LogP contribution in [0.3, 0.4) is 0 Å². The van der Waals surface area contributed by atoms with Crippen molar-refractivity contribution >= 4 is 11.9 Å². The van der Waals surface area contributed by atoms with E-state index in [1.807, 2.05) is 0 Å². The number of nitrogens with one attached hydrogen (secondary N) is 1. The van der Waals surface area contributed by atoms with Crippen LogP contribution in [0.25, 0.3) is 0 Å². The third-order valence-electron chi connectivity index (χ3n) is 3.03. The van der Waals surface area contributed by atoms with E-state index in [-0.39, 0.29) is 23.6 Å². The fraction of sp³-hybridized carbons (Fsp3) is 0.125. The third kappa shape index (κ3) is 4.07. The van der Waals surface area contributed by atoms with Crippen LogP contribution in [0.5, 0.6) is 5.75 Å². The number of carbonyl (C=O) groups is 2. The summed E-state index contributed by atoms with van der Waals surface area (Å²) in [6.07, 6.45) is 0.0971. The molecule has 2 aromatic carbocycles. The third-order valence-corrected chi connectivity index (χ3v) is 3.03. The van der Waals surface area contributed by atoms with Gasteiger partial charge in [0.1, 0.15) is 5.75 Å². The number of hydrogen-bond donors (Lipinski definition) is 3. The zero-order valence-corrected chi connectivity index (χ0v) is 11.2. The lowest BCUT2D eigenvalue weighted by Crippen LogP contribution is -2.24. The molecule has 2 rings (SSSR count). The molecule has 0 atom stereocenters. The van der Waals surface area contributed by atoms with Gasteiger partial charge in [0.05, 0.1) is 12.0 Å². The second-order valence-electron chi connectivity index (χ2n) is 4.58. The first-order valence-electron chi connectivity index (χ1n) is 6.42. The molecule has 5 nitrogen and oxygen atoms in total. The van der Waals surface area contributed by atoms with Gasteiger partial charge in [-0.05, 0) is 23.8 Å². The van der Waals surface area contributed by atoms with Gasteiger partial charge in [0.2, 0.25) is 5.91 Å². The SMILES string of the molecule is O=C(Cc1ccccc1O)NCc1ccc(C(=O)O)cc1. The summed E-state index contributed by atoms with van der Waals surface area (Å²) in [5.41, 5.74) is 1.58. The Morgan fingerprint density at radius 1 is 1.00 bits per heavy atom. The maximum absolute atomic E-state index is 11.8. The van der Waals surface area contributed by atoms with Crippen molar-refractivity contribution in [2.75, 3.05) is 0 Å². The summed E-state index contributed by atoms with van der Waals surface area (Å²) < 4.78 is 0. The van der Waals surface area contributed by atoms with Crippen molar-refractivity contribution in [1.82, 2.24) is 5.32 Å². The van der Waals surface area contributed by atoms with Gasteiger partial charge in [0.15, 0.2) is 0 Å². The van der Waals surface area contributed by atoms with Crippen LogP contribution in [0, 0.1) is 0 Å². The maximum atomic E-state index is 11.8. The lowest BCUT2D eigenvalue weighted by molar-refractivity contribution is -0.120. The van der Waals surface area contributed by atoms with Crippen LogP contribution in [0.15, 0.2) is 48.5 Å². The first-order chi connectivity index (χ1) is 10.1. The van der Waals surface area contributed by atoms with Crippen molar-refractivity contribution < 1.29 is 19.8 Å². The van der Waals surface area contributed by atoms with E-state index < -0.39 is 5.97 Å². The molecule has 108 valence electrons. The van der Waals surface area contributed by atoms with Gasteiger partial charge in [-0.25, -0.2) is 4.79 Å². The molecule has 0 aliphatic carbocycles. The van der Waals surface area contributed by atoms with Crippen LogP contribution in [-0.2, 0) is 17.8 Å². The highest BCUT2D eigenvalue weighted by molar-refractivity contribution is 5.87. The molecule has 0 unspecified atom stereocenters. The van der Waals surface area contributed by atoms with Crippen molar-refractivity contribution in [2.24, 2.45) is 0 Å². The monoisotopic (exact) mass is 285 g/mol. The molecule has 0 radical (unpaired) electrons. The van der Waals surface area contributed by atoms with Gasteiger partial charge < -0.3 is 15.5 Å². The molecule has 0 aliphatic rings. The molecule has 2 aromatic rings. The average molecular weight is 285 g/mol. The van der Waals surface area contributed by atoms with Crippen LogP contribution in [0.4, 0.5) is 0 Å². The minimum absolute atomic E-state index is 0.0958. The largest absolute Gasteiger partial charge is 0.508 e. The predicted molar refractivity (Wildman–Crippen MR) is 77.1 cm³/mol. The van der Waals surface area contributed by atoms with E-state index in [0.717, 1.165) is 5.56 Å². The van der Waals surface area contributed by atoms with Gasteiger partial charge in [0.25, 0.3) is 0 Å². The number of hydrogen-bond acceptors (Lipinski definition) is 3. The van der Waals surface area contributed by atoms with Crippen molar-refractivity contribution in [3.8, 4) is 5.75 Å². The normalized spacial score (nSPS) is 10.1. The quantitative estimate of drug-likeness (QED) is 0.783. The molecule has 0 aromatic heterocycles. The van der Waals surface area contributed by atoms with E-state index in [1.54, 1.807) is 30.3 Å². The van der Waals surface area contributed by atoms with Crippen molar-refractivity contribution in [2.45, 2.75) is 13.0 Å². The van der Waals surface area contributed by atoms with Crippen LogP contribution < -0.4 is 5.32 Å². The first-order valence-corrected chi connectivity index (χ1v) is 6.42. The summed E-state index contributed by atoms with van der Waals surface area (Å²) in [6, 6.07) is 13.0. The van der Waals surface area contributed by atoms with Crippen molar-refractivity contribution in [1.29, 1.82) is 0 Å². The Hall–Kier alpha value is -2.82. The Bertz CT molecular complexity index is 650. The average Bonchev–Trinajstić information content (AvgIpc) is 2.48. The number of benzene rings is 2. The molecule has 0 aliphatic heterocycles. The Balaban J connectivity index is 1.89. The van der Waals surface area contributed by atoms with E-state index in [0.29, 0.717) is 12.1 Å². The fourth-order valence-corrected chi connectivity index (χ4v) is 1.86. The van der Waals surface area contributed by atoms with Crippen molar-refractivity contribution in [3.63, 3.8) is 0 Å². The highest BCUT2D eigenvalue weighted by atomic mass is 16.4. The Kier molecular flexibility index (Phi) is 4.56. The summed E-state index contributed by atoms with van der Waals surface area (Å²) in [7, 11) is 0. The van der Waals surface area contributed by atoms with Gasteiger partial charge in [-0.3, -0.25) is 4.79 Å². The Morgan fingerprint density at radius 2 is 1.67 bits per heavy atom. The summed E-state index contributed by atoms with van der Waals surface area (Å²) in [4.78, 5) is 22.5. The molecule has 0 saturated heterocycles. The van der Waals surface area contributed by atoms with Gasteiger partial charge >= 0.3 is 5.97 Å². The van der Waals surface area contributed by atoms with Gasteiger partial charge in [-0.1, -0.05) is 30.3 Å². The molecule has 3 N–H and O–H groups in total. The smallest absolute Gasteiger partial charge is 0.335 e. The topological polar surface area (TPSA) is 86.6 Å². The molecule has 0 bridgehead atoms. The number of phenolic OH excluding ortho intramolecular Hbond substituents is 1. The highest BCUT2D eigenvalue weighted by Gasteiger charge is 2.07. The van der Waals surface area contributed by atoms with Crippen LogP contribution in [-0.4, -0.2) is 22.1 Å². The highest BCUT2D eigenvalue weighted by Crippen LogP contribution is 2.15. The molecule has 1 amide bonds. The second-order valence-corrected chi connectivity index (χ2v) is 4.58. The van der Waals surface area contributed by atoms with Crippen molar-refractivity contribution in [3.05, 3.63) is 65.2 Å². The molecule has 21 heavy (non-hydrogen) atoms. The molecule has 0 heterocycles. The Morgan fingerprint density at radius 3 is 2.29 bits per heavy atom. The Labute approximate surface area is 121 Å². The van der Waals surface area contributed by atoms with E-state index in [1.165, 1.54) is 18.2 Å². The number of phenols is 1.